The summed E-state index contributed by atoms with van der Waals surface area (Å²) < 4.78 is 31.9. The summed E-state index contributed by atoms with van der Waals surface area (Å²) in [6.07, 6.45) is 6.92. The fourth-order valence-electron chi connectivity index (χ4n) is 5.25. The van der Waals surface area contributed by atoms with Gasteiger partial charge in [-0.15, -0.1) is 0 Å². The summed E-state index contributed by atoms with van der Waals surface area (Å²) in [7, 11) is -4.05. The number of rotatable bonds is 2. The standard InChI is InChI=1S/C17H22BN3O4S/c1-2-26(23,24)21-7-4-16(5-8-21)10-17(11-16)14-12-3-6-19-15(12)20-9-13(14)18(22)25-17/h3,6,9,22H,2,4-5,7-8,10-11H2,1H3,(H,19,20). The smallest absolute Gasteiger partial charge is 0.423 e. The average Bonchev–Trinajstić information content (AvgIpc) is 3.18. The molecule has 1 aliphatic carbocycles. The van der Waals surface area contributed by atoms with Crippen LogP contribution < -0.4 is 5.46 Å². The first kappa shape index (κ1) is 16.7. The third-order valence-corrected chi connectivity index (χ3v) is 8.42. The Morgan fingerprint density at radius 2 is 2.12 bits per heavy atom. The van der Waals surface area contributed by atoms with Crippen LogP contribution in [0, 0.1) is 5.41 Å². The summed E-state index contributed by atoms with van der Waals surface area (Å²) in [6, 6.07) is 1.99. The molecule has 9 heteroatoms. The molecule has 0 atom stereocenters. The van der Waals surface area contributed by atoms with Gasteiger partial charge in [-0.3, -0.25) is 0 Å². The monoisotopic (exact) mass is 375 g/mol. The molecule has 0 aromatic carbocycles. The molecule has 1 saturated carbocycles. The van der Waals surface area contributed by atoms with Crippen LogP contribution >= 0.6 is 0 Å². The van der Waals surface area contributed by atoms with Gasteiger partial charge in [-0.25, -0.2) is 17.7 Å². The van der Waals surface area contributed by atoms with Gasteiger partial charge in [-0.2, -0.15) is 0 Å². The van der Waals surface area contributed by atoms with E-state index in [1.165, 1.54) is 0 Å². The van der Waals surface area contributed by atoms with E-state index < -0.39 is 22.7 Å². The first-order chi connectivity index (χ1) is 12.4. The largest absolute Gasteiger partial charge is 0.493 e. The van der Waals surface area contributed by atoms with Crippen molar-refractivity contribution in [1.29, 1.82) is 0 Å². The summed E-state index contributed by atoms with van der Waals surface area (Å²) >= 11 is 0. The number of aromatic amines is 1. The first-order valence-corrected chi connectivity index (χ1v) is 10.8. The molecule has 2 spiro atoms. The average molecular weight is 375 g/mol. The molecular formula is C17H22BN3O4S. The second-order valence-electron chi connectivity index (χ2n) is 7.95. The molecule has 26 heavy (non-hydrogen) atoms. The molecule has 2 fully saturated rings. The Labute approximate surface area is 152 Å². The van der Waals surface area contributed by atoms with Gasteiger partial charge in [-0.05, 0) is 49.7 Å². The van der Waals surface area contributed by atoms with Crippen LogP contribution in [0.15, 0.2) is 18.5 Å². The topological polar surface area (TPSA) is 95.5 Å². The summed E-state index contributed by atoms with van der Waals surface area (Å²) in [5.41, 5.74) is 2.27. The lowest BCUT2D eigenvalue weighted by Crippen LogP contribution is -2.55. The van der Waals surface area contributed by atoms with Crippen LogP contribution in [0.4, 0.5) is 0 Å². The van der Waals surface area contributed by atoms with Crippen molar-refractivity contribution in [2.75, 3.05) is 18.8 Å². The molecule has 0 unspecified atom stereocenters. The van der Waals surface area contributed by atoms with Crippen LogP contribution in [0.3, 0.4) is 0 Å². The molecule has 2 N–H and O–H groups in total. The van der Waals surface area contributed by atoms with Gasteiger partial charge in [0.1, 0.15) is 5.65 Å². The van der Waals surface area contributed by atoms with Crippen molar-refractivity contribution in [2.24, 2.45) is 5.41 Å². The Morgan fingerprint density at radius 1 is 1.38 bits per heavy atom. The summed E-state index contributed by atoms with van der Waals surface area (Å²) in [5.74, 6) is 0.158. The molecule has 0 amide bonds. The van der Waals surface area contributed by atoms with E-state index in [4.69, 9.17) is 4.65 Å². The third kappa shape index (κ3) is 2.17. The van der Waals surface area contributed by atoms with Crippen molar-refractivity contribution >= 4 is 33.6 Å². The van der Waals surface area contributed by atoms with Crippen molar-refractivity contribution in [3.05, 3.63) is 24.0 Å². The summed E-state index contributed by atoms with van der Waals surface area (Å²) in [4.78, 5) is 7.50. The Kier molecular flexibility index (Phi) is 3.42. The van der Waals surface area contributed by atoms with E-state index in [9.17, 15) is 13.4 Å². The van der Waals surface area contributed by atoms with E-state index >= 15 is 0 Å². The number of hydrogen-bond acceptors (Lipinski definition) is 5. The first-order valence-electron chi connectivity index (χ1n) is 9.18. The van der Waals surface area contributed by atoms with Crippen molar-refractivity contribution in [2.45, 2.75) is 38.2 Å². The zero-order valence-electron chi connectivity index (χ0n) is 14.7. The van der Waals surface area contributed by atoms with Gasteiger partial charge in [0.2, 0.25) is 10.0 Å². The highest BCUT2D eigenvalue weighted by Crippen LogP contribution is 2.63. The number of pyridine rings is 1. The molecule has 2 aliphatic heterocycles. The Balaban J connectivity index is 1.42. The molecule has 7 nitrogen and oxygen atoms in total. The van der Waals surface area contributed by atoms with Crippen LogP contribution in [-0.2, 0) is 20.3 Å². The molecule has 0 radical (unpaired) electrons. The number of H-pyrrole nitrogens is 1. The molecule has 3 aliphatic rings. The lowest BCUT2D eigenvalue weighted by molar-refractivity contribution is -0.133. The number of sulfonamides is 1. The van der Waals surface area contributed by atoms with E-state index in [-0.39, 0.29) is 11.2 Å². The van der Waals surface area contributed by atoms with Crippen LogP contribution in [-0.4, -0.2) is 53.7 Å². The molecule has 138 valence electrons. The van der Waals surface area contributed by atoms with Gasteiger partial charge in [0.15, 0.2) is 0 Å². The number of hydrogen-bond donors (Lipinski definition) is 2. The number of aromatic nitrogens is 2. The predicted octanol–water partition coefficient (Wildman–Crippen LogP) is 0.702. The minimum absolute atomic E-state index is 0.104. The molecule has 4 heterocycles. The van der Waals surface area contributed by atoms with Crippen molar-refractivity contribution < 1.29 is 18.1 Å². The SMILES string of the molecule is CCS(=O)(=O)N1CCC2(CC1)CC1(C2)OB(O)c2cnc3[nH]ccc3c21. The summed E-state index contributed by atoms with van der Waals surface area (Å²) in [5, 5.41) is 11.4. The van der Waals surface area contributed by atoms with Gasteiger partial charge in [0.05, 0.1) is 11.4 Å². The van der Waals surface area contributed by atoms with Gasteiger partial charge in [0.25, 0.3) is 0 Å². The Hall–Kier alpha value is -1.42. The maximum Gasteiger partial charge on any atom is 0.493 e. The highest BCUT2D eigenvalue weighted by atomic mass is 32.2. The maximum atomic E-state index is 12.1. The minimum atomic E-state index is -3.11. The normalized spacial score (nSPS) is 24.3. The number of fused-ring (bicyclic) bond motifs is 4. The van der Waals surface area contributed by atoms with E-state index in [0.29, 0.717) is 13.1 Å². The minimum Gasteiger partial charge on any atom is -0.423 e. The van der Waals surface area contributed by atoms with Gasteiger partial charge in [-0.1, -0.05) is 0 Å². The zero-order chi connectivity index (χ0) is 18.2. The molecule has 1 saturated heterocycles. The number of nitrogens with zero attached hydrogens (tertiary/aromatic N) is 2. The number of nitrogens with one attached hydrogen (secondary N) is 1. The van der Waals surface area contributed by atoms with Crippen molar-refractivity contribution in [3.63, 3.8) is 0 Å². The lowest BCUT2D eigenvalue weighted by atomic mass is 9.53. The zero-order valence-corrected chi connectivity index (χ0v) is 15.6. The Bertz CT molecular complexity index is 973. The van der Waals surface area contributed by atoms with E-state index in [2.05, 4.69) is 9.97 Å². The molecular weight excluding hydrogens is 353 g/mol. The van der Waals surface area contributed by atoms with Crippen molar-refractivity contribution in [1.82, 2.24) is 14.3 Å². The predicted molar refractivity (Wildman–Crippen MR) is 98.4 cm³/mol. The highest BCUT2D eigenvalue weighted by molar-refractivity contribution is 7.89. The van der Waals surface area contributed by atoms with E-state index in [1.807, 2.05) is 12.3 Å². The third-order valence-electron chi connectivity index (χ3n) is 6.54. The fourth-order valence-corrected chi connectivity index (χ4v) is 6.35. The van der Waals surface area contributed by atoms with E-state index in [0.717, 1.165) is 47.7 Å². The molecule has 2 aromatic rings. The second kappa shape index (κ2) is 5.31. The number of piperidine rings is 1. The molecule has 0 bridgehead atoms. The fraction of sp³-hybridized carbons (Fsp3) is 0.588. The Morgan fingerprint density at radius 3 is 2.81 bits per heavy atom. The van der Waals surface area contributed by atoms with Crippen LogP contribution in [0.25, 0.3) is 11.0 Å². The van der Waals surface area contributed by atoms with Crippen molar-refractivity contribution in [3.8, 4) is 0 Å². The lowest BCUT2D eigenvalue weighted by Gasteiger charge is -2.57. The second-order valence-corrected chi connectivity index (χ2v) is 10.2. The van der Waals surface area contributed by atoms with Crippen LogP contribution in [0.5, 0.6) is 0 Å². The van der Waals surface area contributed by atoms with Gasteiger partial charge < -0.3 is 14.7 Å². The van der Waals surface area contributed by atoms with Gasteiger partial charge in [0, 0.05) is 36.3 Å². The van der Waals surface area contributed by atoms with Crippen LogP contribution in [0.1, 0.15) is 38.2 Å². The summed E-state index contributed by atoms with van der Waals surface area (Å²) in [6.45, 7) is 2.86. The quantitative estimate of drug-likeness (QED) is 0.754. The molecule has 2 aromatic heterocycles. The maximum absolute atomic E-state index is 12.1. The van der Waals surface area contributed by atoms with Crippen LogP contribution in [0.2, 0.25) is 0 Å². The highest BCUT2D eigenvalue weighted by Gasteiger charge is 2.62. The van der Waals surface area contributed by atoms with Gasteiger partial charge >= 0.3 is 7.12 Å². The van der Waals surface area contributed by atoms with E-state index in [1.54, 1.807) is 17.4 Å². The molecule has 5 rings (SSSR count).